The molecule has 1 heterocycles. The van der Waals surface area contributed by atoms with Crippen molar-refractivity contribution in [1.29, 1.82) is 0 Å². The number of hydrogen-bond donors (Lipinski definition) is 1. The summed E-state index contributed by atoms with van der Waals surface area (Å²) >= 11 is 0. The maximum Gasteiger partial charge on any atom is 0.265 e. The summed E-state index contributed by atoms with van der Waals surface area (Å²) in [5, 5.41) is 4.01. The largest absolute Gasteiger partial charge is 0.279 e. The van der Waals surface area contributed by atoms with Crippen LogP contribution in [0.3, 0.4) is 0 Å². The van der Waals surface area contributed by atoms with Gasteiger partial charge in [0.05, 0.1) is 11.9 Å². The molecule has 0 spiro atoms. The van der Waals surface area contributed by atoms with Crippen LogP contribution in [0, 0.1) is 6.92 Å². The summed E-state index contributed by atoms with van der Waals surface area (Å²) in [6.45, 7) is 6.45. The third-order valence-corrected chi connectivity index (χ3v) is 4.52. The summed E-state index contributed by atoms with van der Waals surface area (Å²) in [6.07, 6.45) is 3.68. The summed E-state index contributed by atoms with van der Waals surface area (Å²) in [7, 11) is -3.59. The summed E-state index contributed by atoms with van der Waals surface area (Å²) in [5.41, 5.74) is 2.56. The van der Waals surface area contributed by atoms with Crippen molar-refractivity contribution in [2.45, 2.75) is 38.6 Å². The van der Waals surface area contributed by atoms with Gasteiger partial charge in [-0.25, -0.2) is 8.42 Å². The van der Waals surface area contributed by atoms with Gasteiger partial charge in [0.1, 0.15) is 4.90 Å². The molecular weight excluding hydrogens is 274 g/mol. The number of para-hydroxylation sites is 1. The maximum absolute atomic E-state index is 12.4. The normalized spacial score (nSPS) is 11.6. The van der Waals surface area contributed by atoms with Gasteiger partial charge in [0, 0.05) is 12.7 Å². The van der Waals surface area contributed by atoms with Crippen LogP contribution in [0.15, 0.2) is 35.5 Å². The number of nitrogens with zero attached hydrogens (tertiary/aromatic N) is 2. The Bertz CT molecular complexity index is 705. The van der Waals surface area contributed by atoms with E-state index in [4.69, 9.17) is 0 Å². The van der Waals surface area contributed by atoms with Crippen molar-refractivity contribution < 1.29 is 8.42 Å². The van der Waals surface area contributed by atoms with Gasteiger partial charge in [-0.15, -0.1) is 0 Å². The fourth-order valence-corrected chi connectivity index (χ4v) is 3.14. The van der Waals surface area contributed by atoms with Crippen molar-refractivity contribution in [3.8, 4) is 0 Å². The standard InChI is InChI=1S/C14H19N3O2S/c1-4-12-8-6-7-11(3)14(12)16-20(18,19)13-9-15-17(5-2)10-13/h6-10,16H,4-5H2,1-3H3. The highest BCUT2D eigenvalue weighted by molar-refractivity contribution is 7.92. The zero-order valence-corrected chi connectivity index (χ0v) is 12.7. The molecular formula is C14H19N3O2S. The van der Waals surface area contributed by atoms with Gasteiger partial charge in [0.2, 0.25) is 0 Å². The monoisotopic (exact) mass is 293 g/mol. The fraction of sp³-hybridized carbons (Fsp3) is 0.357. The van der Waals surface area contributed by atoms with Gasteiger partial charge in [0.25, 0.3) is 10.0 Å². The van der Waals surface area contributed by atoms with E-state index in [0.717, 1.165) is 17.5 Å². The van der Waals surface area contributed by atoms with E-state index in [1.807, 2.05) is 39.0 Å². The topological polar surface area (TPSA) is 64.0 Å². The van der Waals surface area contributed by atoms with Gasteiger partial charge in [-0.3, -0.25) is 9.40 Å². The Labute approximate surface area is 119 Å². The lowest BCUT2D eigenvalue weighted by molar-refractivity contribution is 0.600. The summed E-state index contributed by atoms with van der Waals surface area (Å²) in [6, 6.07) is 5.76. The van der Waals surface area contributed by atoms with Crippen molar-refractivity contribution in [2.75, 3.05) is 4.72 Å². The minimum atomic E-state index is -3.59. The molecule has 108 valence electrons. The van der Waals surface area contributed by atoms with E-state index in [0.29, 0.717) is 12.2 Å². The number of anilines is 1. The predicted octanol–water partition coefficient (Wildman–Crippen LogP) is 2.57. The lowest BCUT2D eigenvalue weighted by atomic mass is 10.1. The number of nitrogens with one attached hydrogen (secondary N) is 1. The first-order chi connectivity index (χ1) is 9.47. The van der Waals surface area contributed by atoms with Crippen LogP contribution in [0.5, 0.6) is 0 Å². The smallest absolute Gasteiger partial charge is 0.265 e. The molecule has 0 unspecified atom stereocenters. The van der Waals surface area contributed by atoms with Gasteiger partial charge >= 0.3 is 0 Å². The fourth-order valence-electron chi connectivity index (χ4n) is 2.02. The number of sulfonamides is 1. The van der Waals surface area contributed by atoms with Crippen LogP contribution in [0.2, 0.25) is 0 Å². The van der Waals surface area contributed by atoms with Crippen molar-refractivity contribution in [2.24, 2.45) is 0 Å². The lowest BCUT2D eigenvalue weighted by Gasteiger charge is -2.13. The number of rotatable bonds is 5. The van der Waals surface area contributed by atoms with E-state index >= 15 is 0 Å². The molecule has 0 atom stereocenters. The molecule has 0 aliphatic rings. The minimum absolute atomic E-state index is 0.185. The van der Waals surface area contributed by atoms with Crippen LogP contribution in [0.1, 0.15) is 25.0 Å². The number of aromatic nitrogens is 2. The maximum atomic E-state index is 12.4. The molecule has 0 bridgehead atoms. The highest BCUT2D eigenvalue weighted by Crippen LogP contribution is 2.24. The zero-order valence-electron chi connectivity index (χ0n) is 11.9. The average molecular weight is 293 g/mol. The van der Waals surface area contributed by atoms with Gasteiger partial charge < -0.3 is 0 Å². The average Bonchev–Trinajstić information content (AvgIpc) is 2.90. The second-order valence-corrected chi connectivity index (χ2v) is 6.28. The molecule has 2 rings (SSSR count). The van der Waals surface area contributed by atoms with Gasteiger partial charge in [-0.1, -0.05) is 25.1 Å². The van der Waals surface area contributed by atoms with Crippen LogP contribution in [-0.2, 0) is 23.0 Å². The molecule has 0 aliphatic carbocycles. The second-order valence-electron chi connectivity index (χ2n) is 4.60. The number of benzene rings is 1. The summed E-state index contributed by atoms with van der Waals surface area (Å²) < 4.78 is 29.0. The Kier molecular flexibility index (Phi) is 4.13. The molecule has 20 heavy (non-hydrogen) atoms. The van der Waals surface area contributed by atoms with Crippen molar-refractivity contribution in [3.63, 3.8) is 0 Å². The van der Waals surface area contributed by atoms with E-state index in [-0.39, 0.29) is 4.90 Å². The third-order valence-electron chi connectivity index (χ3n) is 3.22. The van der Waals surface area contributed by atoms with Crippen LogP contribution < -0.4 is 4.72 Å². The Morgan fingerprint density at radius 2 is 2.05 bits per heavy atom. The minimum Gasteiger partial charge on any atom is -0.279 e. The Morgan fingerprint density at radius 3 is 2.65 bits per heavy atom. The zero-order chi connectivity index (χ0) is 14.8. The van der Waals surface area contributed by atoms with E-state index in [2.05, 4.69) is 9.82 Å². The van der Waals surface area contributed by atoms with Crippen molar-refractivity contribution in [1.82, 2.24) is 9.78 Å². The molecule has 0 fully saturated rings. The highest BCUT2D eigenvalue weighted by atomic mass is 32.2. The second kappa shape index (κ2) is 5.66. The van der Waals surface area contributed by atoms with E-state index in [9.17, 15) is 8.42 Å². The van der Waals surface area contributed by atoms with Crippen molar-refractivity contribution >= 4 is 15.7 Å². The molecule has 5 nitrogen and oxygen atoms in total. The van der Waals surface area contributed by atoms with Crippen LogP contribution in [-0.4, -0.2) is 18.2 Å². The van der Waals surface area contributed by atoms with E-state index in [1.54, 1.807) is 4.68 Å². The quantitative estimate of drug-likeness (QED) is 0.921. The third kappa shape index (κ3) is 2.85. The van der Waals surface area contributed by atoms with E-state index < -0.39 is 10.0 Å². The molecule has 1 aromatic carbocycles. The van der Waals surface area contributed by atoms with Crippen LogP contribution in [0.4, 0.5) is 5.69 Å². The molecule has 0 saturated heterocycles. The molecule has 1 aromatic heterocycles. The summed E-state index contributed by atoms with van der Waals surface area (Å²) in [4.78, 5) is 0.185. The first kappa shape index (κ1) is 14.6. The number of hydrogen-bond acceptors (Lipinski definition) is 3. The molecule has 0 aliphatic heterocycles. The molecule has 2 aromatic rings. The Hall–Kier alpha value is -1.82. The predicted molar refractivity (Wildman–Crippen MR) is 79.3 cm³/mol. The molecule has 6 heteroatoms. The highest BCUT2D eigenvalue weighted by Gasteiger charge is 2.18. The van der Waals surface area contributed by atoms with Crippen molar-refractivity contribution in [3.05, 3.63) is 41.7 Å². The van der Waals surface area contributed by atoms with Crippen LogP contribution in [0.25, 0.3) is 0 Å². The first-order valence-electron chi connectivity index (χ1n) is 6.61. The first-order valence-corrected chi connectivity index (χ1v) is 8.10. The van der Waals surface area contributed by atoms with Crippen LogP contribution >= 0.6 is 0 Å². The van der Waals surface area contributed by atoms with Gasteiger partial charge in [-0.2, -0.15) is 5.10 Å². The van der Waals surface area contributed by atoms with E-state index in [1.165, 1.54) is 12.4 Å². The molecule has 0 amide bonds. The van der Waals surface area contributed by atoms with Gasteiger partial charge in [0.15, 0.2) is 0 Å². The SMILES string of the molecule is CCc1cccc(C)c1NS(=O)(=O)c1cnn(CC)c1. The Balaban J connectivity index is 2.38. The lowest BCUT2D eigenvalue weighted by Crippen LogP contribution is -2.14. The molecule has 0 saturated carbocycles. The molecule has 0 radical (unpaired) electrons. The Morgan fingerprint density at radius 1 is 1.30 bits per heavy atom. The number of aryl methyl sites for hydroxylation is 3. The van der Waals surface area contributed by atoms with Gasteiger partial charge in [-0.05, 0) is 31.4 Å². The summed E-state index contributed by atoms with van der Waals surface area (Å²) in [5.74, 6) is 0. The molecule has 1 N–H and O–H groups in total.